The fourth-order valence-electron chi connectivity index (χ4n) is 2.41. The van der Waals surface area contributed by atoms with Crippen molar-refractivity contribution in [1.82, 2.24) is 5.32 Å². The lowest BCUT2D eigenvalue weighted by molar-refractivity contribution is 0.207. The molecule has 0 unspecified atom stereocenters. The van der Waals surface area contributed by atoms with Crippen LogP contribution in [0.25, 0.3) is 0 Å². The molecule has 0 fully saturated rings. The van der Waals surface area contributed by atoms with Crippen LogP contribution >= 0.6 is 0 Å². The van der Waals surface area contributed by atoms with Gasteiger partial charge in [-0.15, -0.1) is 0 Å². The molecule has 0 bridgehead atoms. The minimum absolute atomic E-state index is 0.182. The average molecular weight is 366 g/mol. The molecule has 0 spiro atoms. The van der Waals surface area contributed by atoms with Crippen LogP contribution in [-0.4, -0.2) is 25.2 Å². The summed E-state index contributed by atoms with van der Waals surface area (Å²) in [7, 11) is 0. The highest BCUT2D eigenvalue weighted by molar-refractivity contribution is 5.91. The van der Waals surface area contributed by atoms with Crippen molar-refractivity contribution in [2.75, 3.05) is 23.3 Å². The lowest BCUT2D eigenvalue weighted by Gasteiger charge is -2.21. The number of ether oxygens (including phenoxy) is 1. The van der Waals surface area contributed by atoms with Gasteiger partial charge < -0.3 is 15.4 Å². The van der Waals surface area contributed by atoms with Gasteiger partial charge >= 0.3 is 12.1 Å². The zero-order chi connectivity index (χ0) is 19.6. The topological polar surface area (TPSA) is 94.5 Å². The Labute approximate surface area is 158 Å². The van der Waals surface area contributed by atoms with Crippen LogP contribution in [0.1, 0.15) is 18.9 Å². The number of benzene rings is 2. The van der Waals surface area contributed by atoms with E-state index >= 15 is 0 Å². The van der Waals surface area contributed by atoms with Gasteiger partial charge in [0.05, 0.1) is 12.5 Å². The third-order valence-corrected chi connectivity index (χ3v) is 3.62. The van der Waals surface area contributed by atoms with Gasteiger partial charge in [0.15, 0.2) is 0 Å². The molecule has 2 N–H and O–H groups in total. The van der Waals surface area contributed by atoms with Gasteiger partial charge in [0.2, 0.25) is 0 Å². The smallest absolute Gasteiger partial charge is 0.410 e. The first kappa shape index (κ1) is 19.8. The molecule has 2 rings (SSSR count). The van der Waals surface area contributed by atoms with Crippen LogP contribution < -0.4 is 20.3 Å². The van der Waals surface area contributed by atoms with E-state index in [0.29, 0.717) is 23.7 Å². The van der Waals surface area contributed by atoms with Crippen LogP contribution in [-0.2, 0) is 0 Å². The van der Waals surface area contributed by atoms with Crippen molar-refractivity contribution in [2.45, 2.75) is 20.3 Å². The molecule has 0 saturated heterocycles. The molecular weight excluding hydrogens is 344 g/mol. The predicted octanol–water partition coefficient (Wildman–Crippen LogP) is 4.06. The second-order valence-corrected chi connectivity index (χ2v) is 5.78. The monoisotopic (exact) mass is 366 g/mol. The van der Waals surface area contributed by atoms with E-state index in [2.05, 4.69) is 10.6 Å². The highest BCUT2D eigenvalue weighted by Crippen LogP contribution is 2.21. The number of amides is 3. The van der Waals surface area contributed by atoms with E-state index in [1.165, 1.54) is 4.90 Å². The number of aryl methyl sites for hydroxylation is 1. The summed E-state index contributed by atoms with van der Waals surface area (Å²) in [6, 6.07) is 15.7. The summed E-state index contributed by atoms with van der Waals surface area (Å²) in [5.41, 5.74) is 2.16. The van der Waals surface area contributed by atoms with Crippen LogP contribution in [0.4, 0.5) is 21.0 Å². The number of carbonyl (C=O) groups excluding carboxylic acids is 2. The lowest BCUT2D eigenvalue weighted by Crippen LogP contribution is -2.34. The fraction of sp³-hybridized carbons (Fsp3) is 0.250. The normalized spacial score (nSPS) is 9.81. The zero-order valence-corrected chi connectivity index (χ0v) is 15.4. The van der Waals surface area contributed by atoms with E-state index in [-0.39, 0.29) is 19.0 Å². The Morgan fingerprint density at radius 1 is 1.19 bits per heavy atom. The highest BCUT2D eigenvalue weighted by Gasteiger charge is 2.18. The quantitative estimate of drug-likeness (QED) is 0.806. The summed E-state index contributed by atoms with van der Waals surface area (Å²) < 4.78 is 5.46. The second-order valence-electron chi connectivity index (χ2n) is 5.78. The number of nitrogens with one attached hydrogen (secondary N) is 2. The van der Waals surface area contributed by atoms with Crippen LogP contribution in [0.15, 0.2) is 48.5 Å². The second kappa shape index (κ2) is 9.82. The van der Waals surface area contributed by atoms with Gasteiger partial charge in [-0.1, -0.05) is 18.2 Å². The standard InChI is InChI=1S/C20H22N4O3/c1-3-22-19(25)23-16-8-5-10-18(14-16)27-20(26)24(12-6-11-21)17-9-4-7-15(2)13-17/h4-5,7-10,13-14H,3,6,12H2,1-2H3,(H2,22,23,25). The van der Waals surface area contributed by atoms with Crippen LogP contribution in [0.2, 0.25) is 0 Å². The summed E-state index contributed by atoms with van der Waals surface area (Å²) in [4.78, 5) is 25.7. The summed E-state index contributed by atoms with van der Waals surface area (Å²) in [5.74, 6) is 0.295. The zero-order valence-electron chi connectivity index (χ0n) is 15.4. The molecule has 7 nitrogen and oxygen atoms in total. The van der Waals surface area contributed by atoms with E-state index < -0.39 is 6.09 Å². The molecule has 0 radical (unpaired) electrons. The first-order valence-electron chi connectivity index (χ1n) is 8.61. The number of urea groups is 1. The molecule has 2 aromatic rings. The number of rotatable bonds is 6. The summed E-state index contributed by atoms with van der Waals surface area (Å²) >= 11 is 0. The molecule has 0 aliphatic heterocycles. The number of hydrogen-bond donors (Lipinski definition) is 2. The molecule has 7 heteroatoms. The van der Waals surface area contributed by atoms with Crippen LogP contribution in [0, 0.1) is 18.3 Å². The fourth-order valence-corrected chi connectivity index (χ4v) is 2.41. The molecule has 0 aliphatic carbocycles. The molecular formula is C20H22N4O3. The van der Waals surface area contributed by atoms with Crippen LogP contribution in [0.3, 0.4) is 0 Å². The number of hydrogen-bond acceptors (Lipinski definition) is 4. The lowest BCUT2D eigenvalue weighted by atomic mass is 10.2. The van der Waals surface area contributed by atoms with Crippen molar-refractivity contribution in [3.8, 4) is 11.8 Å². The van der Waals surface area contributed by atoms with E-state index in [1.54, 1.807) is 30.3 Å². The Bertz CT molecular complexity index is 845. The minimum Gasteiger partial charge on any atom is -0.410 e. The predicted molar refractivity (Wildman–Crippen MR) is 104 cm³/mol. The van der Waals surface area contributed by atoms with Gasteiger partial charge in [0.1, 0.15) is 5.75 Å². The third kappa shape index (κ3) is 6.04. The van der Waals surface area contributed by atoms with E-state index in [1.807, 2.05) is 38.1 Å². The molecule has 0 aromatic heterocycles. The molecule has 0 aliphatic rings. The maximum absolute atomic E-state index is 12.7. The van der Waals surface area contributed by atoms with Gasteiger partial charge in [0, 0.05) is 30.5 Å². The van der Waals surface area contributed by atoms with Crippen molar-refractivity contribution >= 4 is 23.5 Å². The Hall–Kier alpha value is -3.53. The van der Waals surface area contributed by atoms with Gasteiger partial charge in [-0.05, 0) is 43.7 Å². The Morgan fingerprint density at radius 3 is 2.67 bits per heavy atom. The molecule has 0 atom stereocenters. The molecule has 0 heterocycles. The van der Waals surface area contributed by atoms with Crippen molar-refractivity contribution in [3.63, 3.8) is 0 Å². The highest BCUT2D eigenvalue weighted by atomic mass is 16.6. The largest absolute Gasteiger partial charge is 0.419 e. The number of anilines is 2. The maximum atomic E-state index is 12.7. The minimum atomic E-state index is -0.592. The summed E-state index contributed by atoms with van der Waals surface area (Å²) in [6.07, 6.45) is -0.409. The number of carbonyl (C=O) groups is 2. The molecule has 2 aromatic carbocycles. The van der Waals surface area contributed by atoms with E-state index in [4.69, 9.17) is 10.00 Å². The van der Waals surface area contributed by atoms with Crippen LogP contribution in [0.5, 0.6) is 5.75 Å². The van der Waals surface area contributed by atoms with Crippen molar-refractivity contribution in [1.29, 1.82) is 5.26 Å². The molecule has 27 heavy (non-hydrogen) atoms. The van der Waals surface area contributed by atoms with E-state index in [0.717, 1.165) is 5.56 Å². The van der Waals surface area contributed by atoms with Crippen molar-refractivity contribution in [3.05, 3.63) is 54.1 Å². The Kier molecular flexibility index (Phi) is 7.20. The maximum Gasteiger partial charge on any atom is 0.419 e. The molecule has 140 valence electrons. The third-order valence-electron chi connectivity index (χ3n) is 3.62. The van der Waals surface area contributed by atoms with Crippen molar-refractivity contribution < 1.29 is 14.3 Å². The first-order valence-corrected chi connectivity index (χ1v) is 8.61. The van der Waals surface area contributed by atoms with Crippen molar-refractivity contribution in [2.24, 2.45) is 0 Å². The SMILES string of the molecule is CCNC(=O)Nc1cccc(OC(=O)N(CCC#N)c2cccc(C)c2)c1. The molecule has 0 saturated carbocycles. The molecule has 3 amide bonds. The number of nitriles is 1. The number of nitrogens with zero attached hydrogens (tertiary/aromatic N) is 2. The van der Waals surface area contributed by atoms with Gasteiger partial charge in [-0.3, -0.25) is 4.90 Å². The Morgan fingerprint density at radius 2 is 1.96 bits per heavy atom. The van der Waals surface area contributed by atoms with Gasteiger partial charge in [0.25, 0.3) is 0 Å². The Balaban J connectivity index is 2.15. The summed E-state index contributed by atoms with van der Waals surface area (Å²) in [5, 5.41) is 14.2. The summed E-state index contributed by atoms with van der Waals surface area (Å²) in [6.45, 7) is 4.47. The first-order chi connectivity index (χ1) is 13.0. The van der Waals surface area contributed by atoms with E-state index in [9.17, 15) is 9.59 Å². The average Bonchev–Trinajstić information content (AvgIpc) is 2.62. The van der Waals surface area contributed by atoms with Gasteiger partial charge in [-0.2, -0.15) is 5.26 Å². The van der Waals surface area contributed by atoms with Gasteiger partial charge in [-0.25, -0.2) is 9.59 Å².